The minimum Gasteiger partial charge on any atom is -0.435 e. The van der Waals surface area contributed by atoms with E-state index in [2.05, 4.69) is 22.2 Å². The number of hydrogen-bond acceptors (Lipinski definition) is 4. The molecule has 4 rings (SSSR count). The van der Waals surface area contributed by atoms with Crippen molar-refractivity contribution in [2.75, 3.05) is 0 Å². The van der Waals surface area contributed by atoms with Crippen LogP contribution in [-0.4, -0.2) is 22.8 Å². The number of nitrogens with zero attached hydrogens (tertiary/aromatic N) is 1. The highest BCUT2D eigenvalue weighted by Crippen LogP contribution is 2.33. The number of oxazole rings is 1. The van der Waals surface area contributed by atoms with E-state index in [-0.39, 0.29) is 29.7 Å². The average molecular weight is 365 g/mol. The first-order valence-electron chi connectivity index (χ1n) is 9.33. The monoisotopic (exact) mass is 365 g/mol. The van der Waals surface area contributed by atoms with E-state index in [4.69, 9.17) is 4.42 Å². The minimum absolute atomic E-state index is 0.254. The van der Waals surface area contributed by atoms with Crippen LogP contribution in [0.3, 0.4) is 0 Å². The van der Waals surface area contributed by atoms with Crippen molar-refractivity contribution >= 4 is 11.8 Å². The Balaban J connectivity index is 1.52. The standard InChI is InChI=1S/C21H23N3O3/c1-3-17(25)24-19-15-7-5-4-6-14(15)11-16(19)23-21(26)20-12(2)22-18(27-20)10-13-8-9-13/h3-7,13,16,19H,1,8-11H2,2H3,(H,23,26)(H,24,25)/t16-,19-/m1/s1. The molecule has 2 amide bonds. The van der Waals surface area contributed by atoms with E-state index in [1.165, 1.54) is 18.9 Å². The van der Waals surface area contributed by atoms with Crippen LogP contribution >= 0.6 is 0 Å². The summed E-state index contributed by atoms with van der Waals surface area (Å²) in [5, 5.41) is 5.95. The van der Waals surface area contributed by atoms with Crippen LogP contribution in [0.2, 0.25) is 0 Å². The normalized spacial score (nSPS) is 20.8. The molecular formula is C21H23N3O3. The smallest absolute Gasteiger partial charge is 0.289 e. The number of aryl methyl sites for hydroxylation is 1. The van der Waals surface area contributed by atoms with Crippen LogP contribution in [0.15, 0.2) is 41.3 Å². The molecule has 1 aromatic carbocycles. The zero-order chi connectivity index (χ0) is 19.0. The number of carbonyl (C=O) groups is 2. The topological polar surface area (TPSA) is 84.2 Å². The Labute approximate surface area is 158 Å². The van der Waals surface area contributed by atoms with Crippen molar-refractivity contribution in [3.05, 3.63) is 65.4 Å². The van der Waals surface area contributed by atoms with Gasteiger partial charge in [-0.25, -0.2) is 4.98 Å². The summed E-state index contributed by atoms with van der Waals surface area (Å²) in [5.74, 6) is 0.972. The average Bonchev–Trinajstić information content (AvgIpc) is 3.30. The molecule has 6 heteroatoms. The summed E-state index contributed by atoms with van der Waals surface area (Å²) in [6, 6.07) is 7.33. The number of fused-ring (bicyclic) bond motifs is 1. The van der Waals surface area contributed by atoms with Crippen molar-refractivity contribution in [2.24, 2.45) is 5.92 Å². The fourth-order valence-electron chi connectivity index (χ4n) is 3.67. The second-order valence-corrected chi connectivity index (χ2v) is 7.34. The third kappa shape index (κ3) is 3.65. The molecule has 0 spiro atoms. The summed E-state index contributed by atoms with van der Waals surface area (Å²) in [5.41, 5.74) is 2.73. The Morgan fingerprint density at radius 2 is 2.07 bits per heavy atom. The molecule has 6 nitrogen and oxygen atoms in total. The van der Waals surface area contributed by atoms with E-state index in [0.29, 0.717) is 23.9 Å². The fourth-order valence-corrected chi connectivity index (χ4v) is 3.67. The number of aromatic nitrogens is 1. The first kappa shape index (κ1) is 17.5. The lowest BCUT2D eigenvalue weighted by Gasteiger charge is -2.22. The summed E-state index contributed by atoms with van der Waals surface area (Å²) in [6.45, 7) is 5.30. The number of benzene rings is 1. The molecule has 0 aliphatic heterocycles. The summed E-state index contributed by atoms with van der Waals surface area (Å²) < 4.78 is 5.73. The van der Waals surface area contributed by atoms with Gasteiger partial charge in [-0.3, -0.25) is 9.59 Å². The number of amides is 2. The maximum atomic E-state index is 12.8. The Bertz CT molecular complexity index is 898. The highest BCUT2D eigenvalue weighted by molar-refractivity contribution is 5.93. The first-order valence-corrected chi connectivity index (χ1v) is 9.33. The van der Waals surface area contributed by atoms with Gasteiger partial charge in [0.2, 0.25) is 11.7 Å². The Kier molecular flexibility index (Phi) is 4.56. The molecule has 1 saturated carbocycles. The maximum absolute atomic E-state index is 12.8. The maximum Gasteiger partial charge on any atom is 0.289 e. The molecule has 27 heavy (non-hydrogen) atoms. The van der Waals surface area contributed by atoms with E-state index in [9.17, 15) is 9.59 Å². The second kappa shape index (κ2) is 7.02. The number of rotatable bonds is 6. The van der Waals surface area contributed by atoms with Gasteiger partial charge in [-0.05, 0) is 49.3 Å². The number of hydrogen-bond donors (Lipinski definition) is 2. The summed E-state index contributed by atoms with van der Waals surface area (Å²) >= 11 is 0. The van der Waals surface area contributed by atoms with Crippen molar-refractivity contribution in [1.82, 2.24) is 15.6 Å². The third-order valence-electron chi connectivity index (χ3n) is 5.24. The highest BCUT2D eigenvalue weighted by Gasteiger charge is 2.35. The molecular weight excluding hydrogens is 342 g/mol. The van der Waals surface area contributed by atoms with E-state index in [1.807, 2.05) is 24.3 Å². The lowest BCUT2D eigenvalue weighted by molar-refractivity contribution is -0.117. The zero-order valence-corrected chi connectivity index (χ0v) is 15.3. The summed E-state index contributed by atoms with van der Waals surface area (Å²) in [7, 11) is 0. The van der Waals surface area contributed by atoms with Gasteiger partial charge in [0, 0.05) is 6.42 Å². The predicted octanol–water partition coefficient (Wildman–Crippen LogP) is 2.63. The molecule has 140 valence electrons. The Morgan fingerprint density at radius 1 is 1.30 bits per heavy atom. The molecule has 1 heterocycles. The van der Waals surface area contributed by atoms with Crippen molar-refractivity contribution in [1.29, 1.82) is 0 Å². The van der Waals surface area contributed by atoms with Crippen LogP contribution < -0.4 is 10.6 Å². The van der Waals surface area contributed by atoms with Gasteiger partial charge < -0.3 is 15.1 Å². The molecule has 0 bridgehead atoms. The fraction of sp³-hybridized carbons (Fsp3) is 0.381. The number of nitrogens with one attached hydrogen (secondary N) is 2. The second-order valence-electron chi connectivity index (χ2n) is 7.34. The van der Waals surface area contributed by atoms with E-state index < -0.39 is 0 Å². The Hall–Kier alpha value is -2.89. The van der Waals surface area contributed by atoms with E-state index in [0.717, 1.165) is 17.5 Å². The van der Waals surface area contributed by atoms with Crippen LogP contribution in [-0.2, 0) is 17.6 Å². The van der Waals surface area contributed by atoms with Gasteiger partial charge in [-0.1, -0.05) is 30.8 Å². The van der Waals surface area contributed by atoms with Gasteiger partial charge in [0.05, 0.1) is 17.8 Å². The van der Waals surface area contributed by atoms with Gasteiger partial charge in [0.25, 0.3) is 5.91 Å². The summed E-state index contributed by atoms with van der Waals surface area (Å²) in [4.78, 5) is 29.1. The lowest BCUT2D eigenvalue weighted by Crippen LogP contribution is -2.44. The molecule has 2 N–H and O–H groups in total. The molecule has 2 aliphatic carbocycles. The molecule has 2 aliphatic rings. The molecule has 0 unspecified atom stereocenters. The minimum atomic E-state index is -0.301. The predicted molar refractivity (Wildman–Crippen MR) is 100 cm³/mol. The van der Waals surface area contributed by atoms with Gasteiger partial charge in [0.1, 0.15) is 0 Å². The Morgan fingerprint density at radius 3 is 2.81 bits per heavy atom. The quantitative estimate of drug-likeness (QED) is 0.771. The number of carbonyl (C=O) groups excluding carboxylic acids is 2. The highest BCUT2D eigenvalue weighted by atomic mass is 16.4. The SMILES string of the molecule is C=CC(=O)N[C@@H]1c2ccccc2C[C@H]1NC(=O)c1oc(CC2CC2)nc1C. The van der Waals surface area contributed by atoms with Gasteiger partial charge >= 0.3 is 0 Å². The van der Waals surface area contributed by atoms with Crippen LogP contribution in [0.1, 0.15) is 52.1 Å². The van der Waals surface area contributed by atoms with E-state index >= 15 is 0 Å². The third-order valence-corrected chi connectivity index (χ3v) is 5.24. The van der Waals surface area contributed by atoms with Crippen molar-refractivity contribution in [3.8, 4) is 0 Å². The largest absolute Gasteiger partial charge is 0.435 e. The zero-order valence-electron chi connectivity index (χ0n) is 15.3. The van der Waals surface area contributed by atoms with Crippen LogP contribution in [0.5, 0.6) is 0 Å². The summed E-state index contributed by atoms with van der Waals surface area (Å²) in [6.07, 6.45) is 5.08. The first-order chi connectivity index (χ1) is 13.0. The van der Waals surface area contributed by atoms with Crippen LogP contribution in [0.4, 0.5) is 0 Å². The molecule has 1 fully saturated rings. The lowest BCUT2D eigenvalue weighted by atomic mass is 10.1. The van der Waals surface area contributed by atoms with Gasteiger partial charge in [0.15, 0.2) is 5.89 Å². The molecule has 0 saturated heterocycles. The van der Waals surface area contributed by atoms with Crippen molar-refractivity contribution in [2.45, 2.75) is 44.7 Å². The van der Waals surface area contributed by atoms with Crippen molar-refractivity contribution in [3.63, 3.8) is 0 Å². The van der Waals surface area contributed by atoms with Crippen molar-refractivity contribution < 1.29 is 14.0 Å². The van der Waals surface area contributed by atoms with Gasteiger partial charge in [-0.15, -0.1) is 0 Å². The molecule has 2 atom stereocenters. The van der Waals surface area contributed by atoms with Crippen LogP contribution in [0.25, 0.3) is 0 Å². The molecule has 1 aromatic heterocycles. The molecule has 0 radical (unpaired) electrons. The molecule has 2 aromatic rings. The van der Waals surface area contributed by atoms with Gasteiger partial charge in [-0.2, -0.15) is 0 Å². The van der Waals surface area contributed by atoms with Crippen LogP contribution in [0, 0.1) is 12.8 Å². The van der Waals surface area contributed by atoms with E-state index in [1.54, 1.807) is 6.92 Å².